The highest BCUT2D eigenvalue weighted by atomic mass is 35.5. The van der Waals surface area contributed by atoms with Gasteiger partial charge < -0.3 is 9.73 Å². The molecule has 7 nitrogen and oxygen atoms in total. The third-order valence-corrected chi connectivity index (χ3v) is 5.80. The van der Waals surface area contributed by atoms with E-state index in [4.69, 9.17) is 16.0 Å². The van der Waals surface area contributed by atoms with Crippen LogP contribution in [0.3, 0.4) is 0 Å². The summed E-state index contributed by atoms with van der Waals surface area (Å²) in [5.74, 6) is 1.06. The second kappa shape index (κ2) is 10.5. The van der Waals surface area contributed by atoms with Crippen molar-refractivity contribution in [2.75, 3.05) is 20.1 Å². The van der Waals surface area contributed by atoms with Gasteiger partial charge in [-0.05, 0) is 68.9 Å². The molecule has 0 aliphatic carbocycles. The van der Waals surface area contributed by atoms with Gasteiger partial charge in [0.05, 0.1) is 19.0 Å². The standard InChI is InChI=1S/C13H8ClN3O.C11H18N2O/c14-10-3-1-2-9(6-10)12-7-15-17-5-4-11(8-18)16-13(12)17;1-13(9-11-3-2-8-14-11)10-4-6-12-7-5-10/h1-8H;2-3,8,10,12H,4-7,9H2,1H3. The lowest BCUT2D eigenvalue weighted by molar-refractivity contribution is 0.111. The van der Waals surface area contributed by atoms with E-state index in [0.29, 0.717) is 22.4 Å². The van der Waals surface area contributed by atoms with Gasteiger partial charge in [-0.25, -0.2) is 9.50 Å². The Morgan fingerprint density at radius 2 is 2.09 bits per heavy atom. The van der Waals surface area contributed by atoms with Gasteiger partial charge in [0, 0.05) is 22.8 Å². The molecule has 5 rings (SSSR count). The first-order valence-electron chi connectivity index (χ1n) is 10.6. The van der Waals surface area contributed by atoms with E-state index in [0.717, 1.165) is 42.8 Å². The van der Waals surface area contributed by atoms with Crippen molar-refractivity contribution in [1.82, 2.24) is 24.8 Å². The molecule has 0 spiro atoms. The lowest BCUT2D eigenvalue weighted by Gasteiger charge is -2.30. The average Bonchev–Trinajstić information content (AvgIpc) is 3.49. The number of carbonyl (C=O) groups excluding carboxylic acids is 1. The fraction of sp³-hybridized carbons (Fsp3) is 0.292. The SMILES string of the molecule is CN(Cc1ccco1)C1CCNCC1.O=Cc1ccn2ncc(-c3cccc(Cl)c3)c2n1. The number of piperidine rings is 1. The summed E-state index contributed by atoms with van der Waals surface area (Å²) in [5.41, 5.74) is 2.79. The Bertz CT molecular complexity index is 1150. The van der Waals surface area contributed by atoms with Gasteiger partial charge in [-0.3, -0.25) is 9.69 Å². The number of nitrogens with one attached hydrogen (secondary N) is 1. The minimum atomic E-state index is 0.381. The molecule has 1 aliphatic heterocycles. The Morgan fingerprint density at radius 1 is 1.25 bits per heavy atom. The van der Waals surface area contributed by atoms with Crippen molar-refractivity contribution in [2.45, 2.75) is 25.4 Å². The van der Waals surface area contributed by atoms with Crippen LogP contribution in [-0.2, 0) is 6.54 Å². The summed E-state index contributed by atoms with van der Waals surface area (Å²) in [6.45, 7) is 3.22. The van der Waals surface area contributed by atoms with Crippen molar-refractivity contribution in [3.63, 3.8) is 0 Å². The monoisotopic (exact) mass is 451 g/mol. The van der Waals surface area contributed by atoms with Gasteiger partial charge >= 0.3 is 0 Å². The zero-order chi connectivity index (χ0) is 22.3. The number of halogens is 1. The molecule has 8 heteroatoms. The van der Waals surface area contributed by atoms with Crippen LogP contribution in [0.15, 0.2) is 65.5 Å². The number of aldehydes is 1. The summed E-state index contributed by atoms with van der Waals surface area (Å²) in [5, 5.41) is 8.22. The fourth-order valence-corrected chi connectivity index (χ4v) is 4.02. The van der Waals surface area contributed by atoms with Crippen molar-refractivity contribution in [1.29, 1.82) is 0 Å². The summed E-state index contributed by atoms with van der Waals surface area (Å²) in [4.78, 5) is 17.4. The van der Waals surface area contributed by atoms with Gasteiger partial charge in [-0.15, -0.1) is 0 Å². The van der Waals surface area contributed by atoms with E-state index in [9.17, 15) is 4.79 Å². The molecule has 0 atom stereocenters. The minimum Gasteiger partial charge on any atom is -0.468 e. The molecule has 1 fully saturated rings. The minimum absolute atomic E-state index is 0.381. The molecule has 0 amide bonds. The van der Waals surface area contributed by atoms with Crippen LogP contribution in [0.5, 0.6) is 0 Å². The van der Waals surface area contributed by atoms with Gasteiger partial charge in [-0.1, -0.05) is 23.7 Å². The third kappa shape index (κ3) is 5.43. The van der Waals surface area contributed by atoms with Crippen molar-refractivity contribution in [2.24, 2.45) is 0 Å². The van der Waals surface area contributed by atoms with Gasteiger partial charge in [0.15, 0.2) is 11.9 Å². The largest absolute Gasteiger partial charge is 0.468 e. The zero-order valence-corrected chi connectivity index (χ0v) is 18.7. The molecule has 3 aromatic heterocycles. The van der Waals surface area contributed by atoms with Crippen molar-refractivity contribution in [3.05, 3.63) is 77.6 Å². The maximum Gasteiger partial charge on any atom is 0.168 e. The number of furan rings is 1. The molecule has 4 aromatic rings. The van der Waals surface area contributed by atoms with Crippen LogP contribution in [-0.4, -0.2) is 52.0 Å². The first-order chi connectivity index (χ1) is 15.6. The number of aromatic nitrogens is 3. The highest BCUT2D eigenvalue weighted by Crippen LogP contribution is 2.25. The Hall–Kier alpha value is -3.00. The van der Waals surface area contributed by atoms with Gasteiger partial charge in [0.25, 0.3) is 0 Å². The molecular weight excluding hydrogens is 426 g/mol. The molecule has 0 radical (unpaired) electrons. The molecule has 4 heterocycles. The molecule has 0 unspecified atom stereocenters. The fourth-order valence-electron chi connectivity index (χ4n) is 3.83. The van der Waals surface area contributed by atoms with Crippen LogP contribution >= 0.6 is 11.6 Å². The predicted octanol–water partition coefficient (Wildman–Crippen LogP) is 4.33. The Balaban J connectivity index is 0.000000158. The van der Waals surface area contributed by atoms with E-state index in [2.05, 4.69) is 27.3 Å². The molecule has 1 aliphatic rings. The number of benzene rings is 1. The van der Waals surface area contributed by atoms with E-state index < -0.39 is 0 Å². The molecule has 1 saturated heterocycles. The Morgan fingerprint density at radius 3 is 2.81 bits per heavy atom. The summed E-state index contributed by atoms with van der Waals surface area (Å²) < 4.78 is 6.97. The second-order valence-electron chi connectivity index (χ2n) is 7.78. The normalized spacial score (nSPS) is 14.3. The smallest absolute Gasteiger partial charge is 0.168 e. The highest BCUT2D eigenvalue weighted by molar-refractivity contribution is 6.30. The predicted molar refractivity (Wildman–Crippen MR) is 125 cm³/mol. The maximum absolute atomic E-state index is 10.8. The molecule has 1 aromatic carbocycles. The lowest BCUT2D eigenvalue weighted by Crippen LogP contribution is -2.40. The number of rotatable bonds is 5. The molecule has 0 saturated carbocycles. The summed E-state index contributed by atoms with van der Waals surface area (Å²) >= 11 is 5.97. The van der Waals surface area contributed by atoms with E-state index in [1.54, 1.807) is 35.3 Å². The van der Waals surface area contributed by atoms with Crippen LogP contribution in [0.25, 0.3) is 16.8 Å². The van der Waals surface area contributed by atoms with Gasteiger partial charge in [0.1, 0.15) is 11.5 Å². The second-order valence-corrected chi connectivity index (χ2v) is 8.22. The van der Waals surface area contributed by atoms with E-state index in [-0.39, 0.29) is 0 Å². The number of hydrogen-bond donors (Lipinski definition) is 1. The van der Waals surface area contributed by atoms with Crippen molar-refractivity contribution < 1.29 is 9.21 Å². The van der Waals surface area contributed by atoms with Crippen molar-refractivity contribution >= 4 is 23.5 Å². The summed E-state index contributed by atoms with van der Waals surface area (Å²) in [6, 6.07) is 13.8. The number of nitrogens with zero attached hydrogens (tertiary/aromatic N) is 4. The maximum atomic E-state index is 10.8. The van der Waals surface area contributed by atoms with Crippen LogP contribution < -0.4 is 5.32 Å². The highest BCUT2D eigenvalue weighted by Gasteiger charge is 2.18. The first-order valence-corrected chi connectivity index (χ1v) is 11.0. The Labute approximate surface area is 192 Å². The molecule has 32 heavy (non-hydrogen) atoms. The quantitative estimate of drug-likeness (QED) is 0.455. The molecular formula is C24H26ClN5O2. The van der Waals surface area contributed by atoms with E-state index in [1.165, 1.54) is 12.8 Å². The van der Waals surface area contributed by atoms with Crippen molar-refractivity contribution in [3.8, 4) is 11.1 Å². The van der Waals surface area contributed by atoms with Gasteiger partial charge in [0.2, 0.25) is 0 Å². The summed E-state index contributed by atoms with van der Waals surface area (Å²) in [7, 11) is 2.18. The van der Waals surface area contributed by atoms with E-state index in [1.807, 2.05) is 30.3 Å². The topological polar surface area (TPSA) is 75.7 Å². The lowest BCUT2D eigenvalue weighted by atomic mass is 10.1. The van der Waals surface area contributed by atoms with Crippen LogP contribution in [0.2, 0.25) is 5.02 Å². The van der Waals surface area contributed by atoms with Crippen LogP contribution in [0.4, 0.5) is 0 Å². The first kappa shape index (κ1) is 22.2. The molecule has 1 N–H and O–H groups in total. The van der Waals surface area contributed by atoms with Gasteiger partial charge in [-0.2, -0.15) is 5.10 Å². The number of hydrogen-bond acceptors (Lipinski definition) is 6. The third-order valence-electron chi connectivity index (χ3n) is 5.56. The van der Waals surface area contributed by atoms with Crippen LogP contribution in [0, 0.1) is 0 Å². The number of carbonyl (C=O) groups is 1. The molecule has 166 valence electrons. The Kier molecular flexibility index (Phi) is 7.32. The molecule has 0 bridgehead atoms. The average molecular weight is 452 g/mol. The van der Waals surface area contributed by atoms with Crippen LogP contribution in [0.1, 0.15) is 29.1 Å². The van der Waals surface area contributed by atoms with E-state index >= 15 is 0 Å². The number of fused-ring (bicyclic) bond motifs is 1. The zero-order valence-electron chi connectivity index (χ0n) is 17.9. The summed E-state index contributed by atoms with van der Waals surface area (Å²) in [6.07, 6.45) is 8.37.